The number of nitrogens with one attached hydrogen (secondary N) is 2. The van der Waals surface area contributed by atoms with Crippen molar-refractivity contribution in [2.75, 3.05) is 25.5 Å². The number of hydrazone groups is 1. The highest BCUT2D eigenvalue weighted by Gasteiger charge is 2.31. The highest BCUT2D eigenvalue weighted by molar-refractivity contribution is 8.12. The number of pyridine rings is 1. The summed E-state index contributed by atoms with van der Waals surface area (Å²) in [5, 5.41) is 6.37. The van der Waals surface area contributed by atoms with Gasteiger partial charge in [0.1, 0.15) is 27.8 Å². The van der Waals surface area contributed by atoms with Crippen LogP contribution < -0.4 is 20.6 Å². The van der Waals surface area contributed by atoms with E-state index >= 15 is 4.39 Å². The minimum atomic E-state index is -4.58. The maximum Gasteiger partial charge on any atom is 0.416 e. The number of ether oxygens (including phenoxy) is 2. The van der Waals surface area contributed by atoms with Gasteiger partial charge in [0.25, 0.3) is 0 Å². The van der Waals surface area contributed by atoms with Crippen molar-refractivity contribution >= 4 is 45.0 Å². The molecule has 0 unspecified atom stereocenters. The number of hydrogen-bond donors (Lipinski definition) is 3. The summed E-state index contributed by atoms with van der Waals surface area (Å²) in [5.74, 6) is 4.02. The molecule has 4 N–H and O–H groups in total. The van der Waals surface area contributed by atoms with Crippen LogP contribution in [0.2, 0.25) is 5.02 Å². The number of benzene rings is 3. The lowest BCUT2D eigenvalue weighted by atomic mass is 9.94. The van der Waals surface area contributed by atoms with Crippen molar-refractivity contribution in [1.29, 1.82) is 0 Å². The van der Waals surface area contributed by atoms with Gasteiger partial charge in [-0.05, 0) is 118 Å². The standard InChI is InChI=1S/C39H43ClF4N6O5S2/c1-38(2,3)55-37(51)50(16-12-25-9-13-46-14-10-25)22-30-18-28(11-15-47-30)31-19-27(26-5-4-6-29(17-26)39(42,43)44)7-8-34(31)54-35-21-33(41)36(20-32(35)40)57(52,53)49-24-56-23-48-45/h4-8,11,15,17-21,23,25,46,49H,9-10,12-14,16,22,24,45H2,1-3H3. The predicted octanol–water partition coefficient (Wildman–Crippen LogP) is 9.02. The van der Waals surface area contributed by atoms with Gasteiger partial charge in [0.05, 0.1) is 34.2 Å². The molecule has 3 aromatic carbocycles. The highest BCUT2D eigenvalue weighted by Crippen LogP contribution is 2.41. The Morgan fingerprint density at radius 3 is 2.49 bits per heavy atom. The molecular weight excluding hydrogens is 808 g/mol. The van der Waals surface area contributed by atoms with E-state index in [9.17, 15) is 26.4 Å². The molecule has 306 valence electrons. The largest absolute Gasteiger partial charge is 0.455 e. The van der Waals surface area contributed by atoms with Crippen LogP contribution in [0.1, 0.15) is 51.3 Å². The lowest BCUT2D eigenvalue weighted by molar-refractivity contribution is -0.137. The van der Waals surface area contributed by atoms with Gasteiger partial charge in [-0.15, -0.1) is 0 Å². The van der Waals surface area contributed by atoms with Crippen LogP contribution in [0.3, 0.4) is 0 Å². The number of aromatic nitrogens is 1. The Kier molecular flexibility index (Phi) is 14.5. The van der Waals surface area contributed by atoms with E-state index in [4.69, 9.17) is 26.9 Å². The van der Waals surface area contributed by atoms with E-state index in [0.717, 1.165) is 68.4 Å². The van der Waals surface area contributed by atoms with E-state index in [1.807, 2.05) is 0 Å². The second-order valence-electron chi connectivity index (χ2n) is 14.2. The molecule has 11 nitrogen and oxygen atoms in total. The van der Waals surface area contributed by atoms with Crippen molar-refractivity contribution in [3.63, 3.8) is 0 Å². The van der Waals surface area contributed by atoms with Gasteiger partial charge in [-0.3, -0.25) is 4.98 Å². The van der Waals surface area contributed by atoms with Gasteiger partial charge < -0.3 is 25.5 Å². The fourth-order valence-corrected chi connectivity index (χ4v) is 8.14. The third-order valence-corrected chi connectivity index (χ3v) is 11.3. The van der Waals surface area contributed by atoms with Crippen molar-refractivity contribution < 1.29 is 40.2 Å². The zero-order chi connectivity index (χ0) is 41.4. The number of rotatable bonds is 14. The number of sulfonamides is 1. The second-order valence-corrected chi connectivity index (χ2v) is 17.2. The Morgan fingerprint density at radius 1 is 1.05 bits per heavy atom. The van der Waals surface area contributed by atoms with Gasteiger partial charge >= 0.3 is 12.3 Å². The first kappa shape index (κ1) is 43.7. The van der Waals surface area contributed by atoms with Gasteiger partial charge in [-0.1, -0.05) is 41.6 Å². The van der Waals surface area contributed by atoms with Crippen molar-refractivity contribution in [3.8, 4) is 33.8 Å². The third kappa shape index (κ3) is 12.3. The van der Waals surface area contributed by atoms with Crippen LogP contribution in [0.5, 0.6) is 11.5 Å². The van der Waals surface area contributed by atoms with E-state index in [1.54, 1.807) is 43.9 Å². The zero-order valence-electron chi connectivity index (χ0n) is 31.4. The average molecular weight is 851 g/mol. The lowest BCUT2D eigenvalue weighted by Gasteiger charge is -2.29. The minimum Gasteiger partial charge on any atom is -0.455 e. The van der Waals surface area contributed by atoms with Crippen molar-refractivity contribution in [1.82, 2.24) is 19.9 Å². The van der Waals surface area contributed by atoms with Crippen LogP contribution in [0, 0.1) is 11.7 Å². The average Bonchev–Trinajstić information content (AvgIpc) is 3.16. The minimum absolute atomic E-state index is 0.0930. The van der Waals surface area contributed by atoms with Crippen LogP contribution in [0.15, 0.2) is 82.9 Å². The number of carbonyl (C=O) groups is 1. The highest BCUT2D eigenvalue weighted by atomic mass is 35.5. The lowest BCUT2D eigenvalue weighted by Crippen LogP contribution is -2.38. The van der Waals surface area contributed by atoms with Gasteiger partial charge in [0, 0.05) is 24.4 Å². The Hall–Kier alpha value is -4.42. The molecule has 0 atom stereocenters. The molecule has 1 fully saturated rings. The first-order chi connectivity index (χ1) is 26.9. The molecule has 18 heteroatoms. The predicted molar refractivity (Wildman–Crippen MR) is 214 cm³/mol. The van der Waals surface area contributed by atoms with E-state index in [0.29, 0.717) is 34.8 Å². The first-order valence-electron chi connectivity index (χ1n) is 17.9. The quantitative estimate of drug-likeness (QED) is 0.0215. The van der Waals surface area contributed by atoms with Gasteiger partial charge in [0.15, 0.2) is 0 Å². The van der Waals surface area contributed by atoms with E-state index < -0.39 is 44.2 Å². The maximum absolute atomic E-state index is 15.4. The summed E-state index contributed by atoms with van der Waals surface area (Å²) >= 11 is 7.41. The molecule has 0 aliphatic carbocycles. The maximum atomic E-state index is 15.4. The number of thioether (sulfide) groups is 1. The summed E-state index contributed by atoms with van der Waals surface area (Å²) in [6.45, 7) is 7.70. The molecule has 0 radical (unpaired) electrons. The number of alkyl halides is 3. The molecule has 0 spiro atoms. The number of amides is 1. The molecule has 1 aliphatic rings. The summed E-state index contributed by atoms with van der Waals surface area (Å²) in [5.41, 5.74) is 1.65. The van der Waals surface area contributed by atoms with Gasteiger partial charge in [0.2, 0.25) is 10.0 Å². The van der Waals surface area contributed by atoms with Gasteiger partial charge in [-0.2, -0.15) is 18.3 Å². The molecule has 1 saturated heterocycles. The monoisotopic (exact) mass is 850 g/mol. The fourth-order valence-electron chi connectivity index (χ4n) is 6.08. The summed E-state index contributed by atoms with van der Waals surface area (Å²) in [6.07, 6.45) is -0.790. The Balaban J connectivity index is 1.53. The van der Waals surface area contributed by atoms with E-state index in [1.165, 1.54) is 36.0 Å². The Bertz CT molecular complexity index is 2180. The molecule has 1 aliphatic heterocycles. The van der Waals surface area contributed by atoms with Crippen LogP contribution in [0.25, 0.3) is 22.3 Å². The van der Waals surface area contributed by atoms with Gasteiger partial charge in [-0.25, -0.2) is 22.3 Å². The zero-order valence-corrected chi connectivity index (χ0v) is 33.8. The van der Waals surface area contributed by atoms with Crippen LogP contribution in [-0.2, 0) is 27.5 Å². The number of nitrogens with zero attached hydrogens (tertiary/aromatic N) is 3. The van der Waals surface area contributed by atoms with Crippen molar-refractivity contribution in [2.45, 2.75) is 63.3 Å². The second kappa shape index (κ2) is 18.9. The summed E-state index contributed by atoms with van der Waals surface area (Å²) in [7, 11) is -4.34. The summed E-state index contributed by atoms with van der Waals surface area (Å²) in [6, 6.07) is 14.6. The molecule has 0 bridgehead atoms. The van der Waals surface area contributed by atoms with Crippen molar-refractivity contribution in [2.24, 2.45) is 16.9 Å². The number of halogens is 5. The molecule has 2 heterocycles. The van der Waals surface area contributed by atoms with Crippen LogP contribution in [-0.4, -0.2) is 61.1 Å². The van der Waals surface area contributed by atoms with Crippen molar-refractivity contribution in [3.05, 3.63) is 95.0 Å². The Labute approximate surface area is 338 Å². The third-order valence-electron chi connectivity index (χ3n) is 8.86. The molecule has 57 heavy (non-hydrogen) atoms. The summed E-state index contributed by atoms with van der Waals surface area (Å²) < 4.78 is 96.2. The molecular formula is C39H43ClF4N6O5S2. The first-order valence-corrected chi connectivity index (χ1v) is 20.8. The number of hydrogen-bond acceptors (Lipinski definition) is 10. The Morgan fingerprint density at radius 2 is 1.79 bits per heavy atom. The van der Waals surface area contributed by atoms with Crippen LogP contribution >= 0.6 is 23.4 Å². The van der Waals surface area contributed by atoms with Crippen LogP contribution in [0.4, 0.5) is 22.4 Å². The number of piperidine rings is 1. The topological polar surface area (TPSA) is 148 Å². The van der Waals surface area contributed by atoms with E-state index in [2.05, 4.69) is 20.1 Å². The molecule has 5 rings (SSSR count). The molecule has 0 saturated carbocycles. The normalized spacial score (nSPS) is 14.2. The fraction of sp³-hybridized carbons (Fsp3) is 0.359. The smallest absolute Gasteiger partial charge is 0.416 e. The molecule has 1 amide bonds. The SMILES string of the molecule is CC(C)(C)OC(=O)N(CCC1CCNCC1)Cc1cc(-c2cc(-c3cccc(C(F)(F)F)c3)ccc2Oc2cc(F)c(S(=O)(=O)NCSC=NN)cc2Cl)ccn1. The molecule has 4 aromatic rings. The summed E-state index contributed by atoms with van der Waals surface area (Å²) in [4.78, 5) is 18.8. The van der Waals surface area contributed by atoms with E-state index in [-0.39, 0.29) is 34.5 Å². The molecule has 1 aromatic heterocycles. The number of nitrogens with two attached hydrogens (primary N) is 1. The number of carbonyl (C=O) groups excluding carboxylic acids is 1.